The first-order valence-electron chi connectivity index (χ1n) is 7.02. The molecule has 3 nitrogen and oxygen atoms in total. The summed E-state index contributed by atoms with van der Waals surface area (Å²) in [5, 5.41) is 0. The van der Waals surface area contributed by atoms with E-state index < -0.39 is 0 Å². The zero-order valence-corrected chi connectivity index (χ0v) is 12.4. The largest absolute Gasteiger partial charge is 0.326 e. The van der Waals surface area contributed by atoms with Crippen LogP contribution in [-0.4, -0.2) is 55.1 Å². The van der Waals surface area contributed by atoms with Gasteiger partial charge in [0.05, 0.1) is 0 Å². The standard InChI is InChI=1S/C14H31N3/c1-6-17-9-7-8-12(17)10-16(5)11-13(15)14(2,3)4/h12-13H,6-11,15H2,1-5H3. The van der Waals surface area contributed by atoms with Gasteiger partial charge in [0.1, 0.15) is 0 Å². The highest BCUT2D eigenvalue weighted by atomic mass is 15.2. The monoisotopic (exact) mass is 241 g/mol. The highest BCUT2D eigenvalue weighted by Crippen LogP contribution is 2.20. The molecule has 2 atom stereocenters. The molecule has 102 valence electrons. The third-order valence-electron chi connectivity index (χ3n) is 4.05. The van der Waals surface area contributed by atoms with E-state index in [1.165, 1.54) is 25.9 Å². The van der Waals surface area contributed by atoms with Gasteiger partial charge < -0.3 is 10.6 Å². The van der Waals surface area contributed by atoms with Gasteiger partial charge >= 0.3 is 0 Å². The third kappa shape index (κ3) is 4.57. The number of hydrogen-bond acceptors (Lipinski definition) is 3. The summed E-state index contributed by atoms with van der Waals surface area (Å²) in [6, 6.07) is 1.00. The fraction of sp³-hybridized carbons (Fsp3) is 1.00. The molecule has 3 heteroatoms. The molecule has 0 aromatic heterocycles. The van der Waals surface area contributed by atoms with Crippen molar-refractivity contribution in [3.05, 3.63) is 0 Å². The molecule has 1 saturated heterocycles. The van der Waals surface area contributed by atoms with E-state index in [1.54, 1.807) is 0 Å². The van der Waals surface area contributed by atoms with Crippen molar-refractivity contribution in [1.29, 1.82) is 0 Å². The van der Waals surface area contributed by atoms with Crippen LogP contribution in [0.2, 0.25) is 0 Å². The molecule has 1 aliphatic rings. The van der Waals surface area contributed by atoms with Crippen LogP contribution in [0.15, 0.2) is 0 Å². The molecule has 0 amide bonds. The summed E-state index contributed by atoms with van der Waals surface area (Å²) in [4.78, 5) is 5.01. The maximum absolute atomic E-state index is 6.24. The van der Waals surface area contributed by atoms with E-state index in [1.807, 2.05) is 0 Å². The van der Waals surface area contributed by atoms with Gasteiger partial charge in [-0.15, -0.1) is 0 Å². The van der Waals surface area contributed by atoms with Crippen molar-refractivity contribution in [1.82, 2.24) is 9.80 Å². The molecule has 1 aliphatic heterocycles. The third-order valence-corrected chi connectivity index (χ3v) is 4.05. The Labute approximate surface area is 107 Å². The van der Waals surface area contributed by atoms with E-state index in [-0.39, 0.29) is 11.5 Å². The first-order valence-corrected chi connectivity index (χ1v) is 7.02. The molecule has 0 aromatic rings. The number of likely N-dealkylation sites (N-methyl/N-ethyl adjacent to an activating group) is 2. The summed E-state index contributed by atoms with van der Waals surface area (Å²) in [5.74, 6) is 0. The number of hydrogen-bond donors (Lipinski definition) is 1. The van der Waals surface area contributed by atoms with Gasteiger partial charge in [-0.3, -0.25) is 4.90 Å². The van der Waals surface area contributed by atoms with Crippen molar-refractivity contribution in [2.45, 2.75) is 52.6 Å². The summed E-state index contributed by atoms with van der Waals surface area (Å²) >= 11 is 0. The summed E-state index contributed by atoms with van der Waals surface area (Å²) < 4.78 is 0. The van der Waals surface area contributed by atoms with Crippen LogP contribution in [0.3, 0.4) is 0 Å². The van der Waals surface area contributed by atoms with E-state index in [0.717, 1.165) is 19.1 Å². The van der Waals surface area contributed by atoms with Crippen LogP contribution in [0, 0.1) is 5.41 Å². The molecule has 0 radical (unpaired) electrons. The highest BCUT2D eigenvalue weighted by molar-refractivity contribution is 4.84. The Kier molecular flexibility index (Phi) is 5.42. The van der Waals surface area contributed by atoms with Crippen LogP contribution in [0.5, 0.6) is 0 Å². The van der Waals surface area contributed by atoms with E-state index in [9.17, 15) is 0 Å². The van der Waals surface area contributed by atoms with E-state index in [2.05, 4.69) is 44.5 Å². The Bertz CT molecular complexity index is 222. The predicted octanol–water partition coefficient (Wildman–Crippen LogP) is 1.78. The average Bonchev–Trinajstić information content (AvgIpc) is 2.63. The van der Waals surface area contributed by atoms with Gasteiger partial charge in [-0.1, -0.05) is 27.7 Å². The van der Waals surface area contributed by atoms with Crippen molar-refractivity contribution in [2.24, 2.45) is 11.1 Å². The van der Waals surface area contributed by atoms with Crippen LogP contribution in [0.25, 0.3) is 0 Å². The fourth-order valence-corrected chi connectivity index (χ4v) is 2.56. The molecular formula is C14H31N3. The second-order valence-electron chi connectivity index (χ2n) is 6.62. The van der Waals surface area contributed by atoms with Gasteiger partial charge in [-0.2, -0.15) is 0 Å². The van der Waals surface area contributed by atoms with Crippen molar-refractivity contribution < 1.29 is 0 Å². The van der Waals surface area contributed by atoms with Crippen molar-refractivity contribution in [2.75, 3.05) is 33.2 Å². The average molecular weight is 241 g/mol. The van der Waals surface area contributed by atoms with E-state index in [4.69, 9.17) is 5.73 Å². The molecule has 0 aromatic carbocycles. The lowest BCUT2D eigenvalue weighted by Gasteiger charge is -2.33. The van der Waals surface area contributed by atoms with E-state index in [0.29, 0.717) is 0 Å². The number of rotatable bonds is 5. The predicted molar refractivity (Wildman–Crippen MR) is 75.2 cm³/mol. The molecule has 0 aliphatic carbocycles. The summed E-state index contributed by atoms with van der Waals surface area (Å²) in [5.41, 5.74) is 6.44. The summed E-state index contributed by atoms with van der Waals surface area (Å²) in [6.45, 7) is 13.6. The van der Waals surface area contributed by atoms with Gasteiger partial charge in [-0.25, -0.2) is 0 Å². The van der Waals surface area contributed by atoms with E-state index >= 15 is 0 Å². The number of likely N-dealkylation sites (tertiary alicyclic amines) is 1. The minimum Gasteiger partial charge on any atom is -0.326 e. The number of nitrogens with two attached hydrogens (primary N) is 1. The van der Waals surface area contributed by atoms with Crippen molar-refractivity contribution >= 4 is 0 Å². The first kappa shape index (κ1) is 14.9. The Morgan fingerprint density at radius 2 is 2.06 bits per heavy atom. The Morgan fingerprint density at radius 3 is 2.59 bits per heavy atom. The zero-order valence-electron chi connectivity index (χ0n) is 12.4. The SMILES string of the molecule is CCN1CCCC1CN(C)CC(N)C(C)(C)C. The molecule has 0 spiro atoms. The Hall–Kier alpha value is -0.120. The lowest BCUT2D eigenvalue weighted by atomic mass is 9.87. The van der Waals surface area contributed by atoms with Crippen LogP contribution >= 0.6 is 0 Å². The molecule has 2 unspecified atom stereocenters. The molecule has 2 N–H and O–H groups in total. The lowest BCUT2D eigenvalue weighted by molar-refractivity contribution is 0.171. The summed E-state index contributed by atoms with van der Waals surface area (Å²) in [7, 11) is 2.21. The maximum atomic E-state index is 6.24. The fourth-order valence-electron chi connectivity index (χ4n) is 2.56. The minimum atomic E-state index is 0.203. The first-order chi connectivity index (χ1) is 7.84. The van der Waals surface area contributed by atoms with Crippen LogP contribution in [-0.2, 0) is 0 Å². The van der Waals surface area contributed by atoms with Gasteiger partial charge in [0.2, 0.25) is 0 Å². The molecular weight excluding hydrogens is 210 g/mol. The lowest BCUT2D eigenvalue weighted by Crippen LogP contribution is -2.47. The normalized spacial score (nSPS) is 24.5. The molecule has 1 rings (SSSR count). The molecule has 17 heavy (non-hydrogen) atoms. The topological polar surface area (TPSA) is 32.5 Å². The molecule has 1 fully saturated rings. The molecule has 0 bridgehead atoms. The quantitative estimate of drug-likeness (QED) is 0.796. The second kappa shape index (κ2) is 6.17. The summed E-state index contributed by atoms with van der Waals surface area (Å²) in [6.07, 6.45) is 2.71. The molecule has 0 saturated carbocycles. The van der Waals surface area contributed by atoms with Crippen LogP contribution in [0.4, 0.5) is 0 Å². The number of nitrogens with zero attached hydrogens (tertiary/aromatic N) is 2. The van der Waals surface area contributed by atoms with Crippen LogP contribution < -0.4 is 5.73 Å². The zero-order chi connectivity index (χ0) is 13.1. The van der Waals surface area contributed by atoms with Gasteiger partial charge in [-0.05, 0) is 38.4 Å². The Morgan fingerprint density at radius 1 is 1.41 bits per heavy atom. The highest BCUT2D eigenvalue weighted by Gasteiger charge is 2.26. The molecule has 1 heterocycles. The minimum absolute atomic E-state index is 0.203. The van der Waals surface area contributed by atoms with Gasteiger partial charge in [0, 0.05) is 25.2 Å². The van der Waals surface area contributed by atoms with Crippen molar-refractivity contribution in [3.63, 3.8) is 0 Å². The van der Waals surface area contributed by atoms with Crippen LogP contribution in [0.1, 0.15) is 40.5 Å². The second-order valence-corrected chi connectivity index (χ2v) is 6.62. The maximum Gasteiger partial charge on any atom is 0.0223 e. The van der Waals surface area contributed by atoms with Gasteiger partial charge in [0.25, 0.3) is 0 Å². The van der Waals surface area contributed by atoms with Gasteiger partial charge in [0.15, 0.2) is 0 Å². The Balaban J connectivity index is 2.36. The van der Waals surface area contributed by atoms with Crippen molar-refractivity contribution in [3.8, 4) is 0 Å². The smallest absolute Gasteiger partial charge is 0.0223 e.